The Morgan fingerprint density at radius 1 is 1.57 bits per heavy atom. The highest BCUT2D eigenvalue weighted by Crippen LogP contribution is 2.17. The standard InChI is InChI=1S/C9H8FN3O/c1-13-8-3-7(10)6(9(11)14)2-5(8)4-12-13/h2-4H,1H3,(H2,11,14). The topological polar surface area (TPSA) is 60.9 Å². The average molecular weight is 193 g/mol. The predicted octanol–water partition coefficient (Wildman–Crippen LogP) is 0.811. The number of benzene rings is 1. The Kier molecular flexibility index (Phi) is 1.73. The molecule has 0 aliphatic rings. The molecule has 0 bridgehead atoms. The van der Waals surface area contributed by atoms with Crippen LogP contribution in [0, 0.1) is 5.82 Å². The molecule has 0 spiro atoms. The van der Waals surface area contributed by atoms with Crippen LogP contribution in [0.2, 0.25) is 0 Å². The number of rotatable bonds is 1. The lowest BCUT2D eigenvalue weighted by Gasteiger charge is -1.99. The van der Waals surface area contributed by atoms with E-state index in [0.717, 1.165) is 0 Å². The molecule has 1 aromatic heterocycles. The Balaban J connectivity index is 2.79. The second-order valence-corrected chi connectivity index (χ2v) is 3.02. The normalized spacial score (nSPS) is 10.7. The highest BCUT2D eigenvalue weighted by molar-refractivity contribution is 5.97. The molecule has 2 N–H and O–H groups in total. The van der Waals surface area contributed by atoms with E-state index in [4.69, 9.17) is 5.73 Å². The summed E-state index contributed by atoms with van der Waals surface area (Å²) in [5, 5.41) is 4.63. The van der Waals surface area contributed by atoms with Gasteiger partial charge in [0.15, 0.2) is 0 Å². The quantitative estimate of drug-likeness (QED) is 0.728. The SMILES string of the molecule is Cn1ncc2cc(C(N)=O)c(F)cc21. The molecule has 0 saturated carbocycles. The summed E-state index contributed by atoms with van der Waals surface area (Å²) in [7, 11) is 1.70. The number of aryl methyl sites for hydroxylation is 1. The number of aromatic nitrogens is 2. The third kappa shape index (κ3) is 1.14. The molecule has 1 aromatic carbocycles. The van der Waals surface area contributed by atoms with Crippen LogP contribution in [0.15, 0.2) is 18.3 Å². The highest BCUT2D eigenvalue weighted by Gasteiger charge is 2.11. The Hall–Kier alpha value is -1.91. The van der Waals surface area contributed by atoms with Crippen LogP contribution in [0.5, 0.6) is 0 Å². The maximum absolute atomic E-state index is 13.3. The molecule has 1 amide bonds. The van der Waals surface area contributed by atoms with Gasteiger partial charge in [0.05, 0.1) is 17.3 Å². The first-order chi connectivity index (χ1) is 6.59. The predicted molar refractivity (Wildman–Crippen MR) is 49.2 cm³/mol. The van der Waals surface area contributed by atoms with Gasteiger partial charge in [-0.15, -0.1) is 0 Å². The van der Waals surface area contributed by atoms with Crippen LogP contribution in [0.1, 0.15) is 10.4 Å². The average Bonchev–Trinajstić information content (AvgIpc) is 2.46. The van der Waals surface area contributed by atoms with Gasteiger partial charge < -0.3 is 5.73 Å². The zero-order valence-electron chi connectivity index (χ0n) is 7.49. The molecule has 2 aromatic rings. The van der Waals surface area contributed by atoms with E-state index in [9.17, 15) is 9.18 Å². The number of carbonyl (C=O) groups excluding carboxylic acids is 1. The number of carbonyl (C=O) groups is 1. The maximum atomic E-state index is 13.3. The molecule has 0 radical (unpaired) electrons. The number of primary amides is 1. The van der Waals surface area contributed by atoms with Crippen molar-refractivity contribution in [3.63, 3.8) is 0 Å². The van der Waals surface area contributed by atoms with Crippen LogP contribution in [0.4, 0.5) is 4.39 Å². The van der Waals surface area contributed by atoms with Gasteiger partial charge in [-0.25, -0.2) is 4.39 Å². The molecule has 1 heterocycles. The molecule has 0 aliphatic carbocycles. The summed E-state index contributed by atoms with van der Waals surface area (Å²) in [5.74, 6) is -1.39. The summed E-state index contributed by atoms with van der Waals surface area (Å²) in [5.41, 5.74) is 5.53. The van der Waals surface area contributed by atoms with Gasteiger partial charge >= 0.3 is 0 Å². The zero-order valence-corrected chi connectivity index (χ0v) is 7.49. The summed E-state index contributed by atoms with van der Waals surface area (Å²) >= 11 is 0. The van der Waals surface area contributed by atoms with Crippen LogP contribution in [-0.2, 0) is 7.05 Å². The number of fused-ring (bicyclic) bond motifs is 1. The summed E-state index contributed by atoms with van der Waals surface area (Å²) in [4.78, 5) is 10.8. The molecule has 72 valence electrons. The fourth-order valence-electron chi connectivity index (χ4n) is 1.36. The molecule has 2 rings (SSSR count). The Bertz CT molecular complexity index is 518. The molecule has 0 fully saturated rings. The van der Waals surface area contributed by atoms with Gasteiger partial charge in [-0.2, -0.15) is 5.10 Å². The van der Waals surface area contributed by atoms with E-state index >= 15 is 0 Å². The van der Waals surface area contributed by atoms with Crippen molar-refractivity contribution in [2.75, 3.05) is 0 Å². The lowest BCUT2D eigenvalue weighted by atomic mass is 10.1. The Labute approximate surface area is 79.1 Å². The first-order valence-electron chi connectivity index (χ1n) is 4.00. The lowest BCUT2D eigenvalue weighted by molar-refractivity contribution is 0.0996. The minimum Gasteiger partial charge on any atom is -0.366 e. The second-order valence-electron chi connectivity index (χ2n) is 3.02. The molecular formula is C9H8FN3O. The summed E-state index contributed by atoms with van der Waals surface area (Å²) < 4.78 is 14.8. The van der Waals surface area contributed by atoms with E-state index in [0.29, 0.717) is 10.9 Å². The molecule has 0 atom stereocenters. The number of nitrogens with two attached hydrogens (primary N) is 1. The third-order valence-electron chi connectivity index (χ3n) is 2.10. The monoisotopic (exact) mass is 193 g/mol. The molecule has 14 heavy (non-hydrogen) atoms. The first-order valence-corrected chi connectivity index (χ1v) is 4.00. The second kappa shape index (κ2) is 2.80. The van der Waals surface area contributed by atoms with Crippen LogP contribution in [0.25, 0.3) is 10.9 Å². The smallest absolute Gasteiger partial charge is 0.251 e. The van der Waals surface area contributed by atoms with Crippen LogP contribution in [-0.4, -0.2) is 15.7 Å². The molecule has 5 heteroatoms. The van der Waals surface area contributed by atoms with Crippen molar-refractivity contribution < 1.29 is 9.18 Å². The minimum absolute atomic E-state index is 0.106. The van der Waals surface area contributed by atoms with Crippen molar-refractivity contribution in [1.29, 1.82) is 0 Å². The van der Waals surface area contributed by atoms with Gasteiger partial charge in [0.2, 0.25) is 0 Å². The number of amides is 1. The van der Waals surface area contributed by atoms with Crippen molar-refractivity contribution in [3.8, 4) is 0 Å². The van der Waals surface area contributed by atoms with Crippen molar-refractivity contribution in [2.24, 2.45) is 12.8 Å². The summed E-state index contributed by atoms with van der Waals surface area (Å²) in [6, 6.07) is 2.66. The van der Waals surface area contributed by atoms with Gasteiger partial charge in [0, 0.05) is 18.5 Å². The number of hydrogen-bond acceptors (Lipinski definition) is 2. The first kappa shape index (κ1) is 8.68. The number of nitrogens with zero attached hydrogens (tertiary/aromatic N) is 2. The van der Waals surface area contributed by atoms with Gasteiger partial charge in [-0.05, 0) is 6.07 Å². The molecule has 0 unspecified atom stereocenters. The molecule has 0 aliphatic heterocycles. The highest BCUT2D eigenvalue weighted by atomic mass is 19.1. The fraction of sp³-hybridized carbons (Fsp3) is 0.111. The maximum Gasteiger partial charge on any atom is 0.251 e. The molecular weight excluding hydrogens is 185 g/mol. The third-order valence-corrected chi connectivity index (χ3v) is 2.10. The van der Waals surface area contributed by atoms with Gasteiger partial charge in [-0.3, -0.25) is 9.48 Å². The van der Waals surface area contributed by atoms with Gasteiger partial charge in [-0.1, -0.05) is 0 Å². The van der Waals surface area contributed by atoms with Crippen molar-refractivity contribution in [1.82, 2.24) is 9.78 Å². The van der Waals surface area contributed by atoms with Crippen molar-refractivity contribution in [2.45, 2.75) is 0 Å². The number of halogens is 1. The van der Waals surface area contributed by atoms with E-state index in [2.05, 4.69) is 5.10 Å². The zero-order chi connectivity index (χ0) is 10.3. The molecule has 4 nitrogen and oxygen atoms in total. The largest absolute Gasteiger partial charge is 0.366 e. The van der Waals surface area contributed by atoms with E-state index in [1.807, 2.05) is 0 Å². The summed E-state index contributed by atoms with van der Waals surface area (Å²) in [6.07, 6.45) is 1.56. The van der Waals surface area contributed by atoms with Gasteiger partial charge in [0.25, 0.3) is 5.91 Å². The van der Waals surface area contributed by atoms with Crippen LogP contribution < -0.4 is 5.73 Å². The Morgan fingerprint density at radius 2 is 2.29 bits per heavy atom. The van der Waals surface area contributed by atoms with Crippen molar-refractivity contribution in [3.05, 3.63) is 29.7 Å². The van der Waals surface area contributed by atoms with E-state index in [-0.39, 0.29) is 5.56 Å². The van der Waals surface area contributed by atoms with Crippen molar-refractivity contribution >= 4 is 16.8 Å². The van der Waals surface area contributed by atoms with Crippen LogP contribution in [0.3, 0.4) is 0 Å². The lowest BCUT2D eigenvalue weighted by Crippen LogP contribution is -2.13. The fourth-order valence-corrected chi connectivity index (χ4v) is 1.36. The van der Waals surface area contributed by atoms with Crippen LogP contribution >= 0.6 is 0 Å². The minimum atomic E-state index is -0.770. The summed E-state index contributed by atoms with van der Waals surface area (Å²) in [6.45, 7) is 0. The Morgan fingerprint density at radius 3 is 2.93 bits per heavy atom. The van der Waals surface area contributed by atoms with E-state index in [1.165, 1.54) is 16.8 Å². The van der Waals surface area contributed by atoms with Gasteiger partial charge in [0.1, 0.15) is 5.82 Å². The van der Waals surface area contributed by atoms with E-state index in [1.54, 1.807) is 13.2 Å². The number of hydrogen-bond donors (Lipinski definition) is 1. The van der Waals surface area contributed by atoms with E-state index < -0.39 is 11.7 Å². The molecule has 0 saturated heterocycles.